The molecule has 0 bridgehead atoms. The highest BCUT2D eigenvalue weighted by molar-refractivity contribution is 5.96. The number of aryl methyl sites for hydroxylation is 1. The highest BCUT2D eigenvalue weighted by Crippen LogP contribution is 2.24. The minimum atomic E-state index is -0.198. The number of carbonyl (C=O) groups excluding carboxylic acids is 1. The van der Waals surface area contributed by atoms with Crippen LogP contribution >= 0.6 is 0 Å². The Bertz CT molecular complexity index is 718. The van der Waals surface area contributed by atoms with Crippen LogP contribution in [0.2, 0.25) is 0 Å². The highest BCUT2D eigenvalue weighted by Gasteiger charge is 2.35. The summed E-state index contributed by atoms with van der Waals surface area (Å²) in [6.45, 7) is 2.29. The van der Waals surface area contributed by atoms with Crippen molar-refractivity contribution in [1.82, 2.24) is 9.88 Å². The van der Waals surface area contributed by atoms with Crippen LogP contribution < -0.4 is 0 Å². The largest absolute Gasteiger partial charge is 0.394 e. The molecule has 1 aliphatic heterocycles. The van der Waals surface area contributed by atoms with Crippen molar-refractivity contribution in [3.63, 3.8) is 0 Å². The minimum absolute atomic E-state index is 0.0250. The molecule has 0 saturated carbocycles. The van der Waals surface area contributed by atoms with Crippen LogP contribution in [-0.2, 0) is 4.74 Å². The Hall–Kier alpha value is -2.24. The number of ether oxygens (including phenoxy) is 1. The van der Waals surface area contributed by atoms with E-state index in [-0.39, 0.29) is 24.7 Å². The van der Waals surface area contributed by atoms with E-state index in [0.29, 0.717) is 24.2 Å². The number of carbonyl (C=O) groups is 1. The lowest BCUT2D eigenvalue weighted by atomic mass is 10.1. The molecule has 2 atom stereocenters. The maximum Gasteiger partial charge on any atom is 0.256 e. The summed E-state index contributed by atoms with van der Waals surface area (Å²) in [6.07, 6.45) is 0.635. The quantitative estimate of drug-likeness (QED) is 0.936. The van der Waals surface area contributed by atoms with Gasteiger partial charge in [-0.2, -0.15) is 0 Å². The van der Waals surface area contributed by atoms with E-state index >= 15 is 0 Å². The molecule has 24 heavy (non-hydrogen) atoms. The van der Waals surface area contributed by atoms with Gasteiger partial charge < -0.3 is 14.7 Å². The van der Waals surface area contributed by atoms with Crippen molar-refractivity contribution >= 4 is 5.91 Å². The first-order valence-electron chi connectivity index (χ1n) is 8.11. The molecule has 3 rings (SSSR count). The second kappa shape index (κ2) is 7.11. The topological polar surface area (TPSA) is 62.7 Å². The van der Waals surface area contributed by atoms with Crippen LogP contribution in [0.1, 0.15) is 22.5 Å². The first-order chi connectivity index (χ1) is 11.6. The SMILES string of the molecule is CO[C@H]1C[C@@H](CO)N(C(=O)c2ccc(-c3ccccc3)nc2C)C1. The van der Waals surface area contributed by atoms with Crippen molar-refractivity contribution in [1.29, 1.82) is 0 Å². The molecule has 0 aliphatic carbocycles. The smallest absolute Gasteiger partial charge is 0.256 e. The number of aliphatic hydroxyl groups is 1. The van der Waals surface area contributed by atoms with Gasteiger partial charge in [0.2, 0.25) is 0 Å². The summed E-state index contributed by atoms with van der Waals surface area (Å²) in [4.78, 5) is 19.1. The van der Waals surface area contributed by atoms with Crippen LogP contribution in [-0.4, -0.2) is 53.3 Å². The molecule has 0 radical (unpaired) electrons. The fourth-order valence-corrected chi connectivity index (χ4v) is 3.18. The summed E-state index contributed by atoms with van der Waals surface area (Å²) >= 11 is 0. The van der Waals surface area contributed by atoms with E-state index < -0.39 is 0 Å². The van der Waals surface area contributed by atoms with E-state index in [0.717, 1.165) is 11.3 Å². The molecule has 1 N–H and O–H groups in total. The monoisotopic (exact) mass is 326 g/mol. The lowest BCUT2D eigenvalue weighted by Crippen LogP contribution is -2.38. The van der Waals surface area contributed by atoms with Gasteiger partial charge in [-0.3, -0.25) is 9.78 Å². The van der Waals surface area contributed by atoms with Crippen molar-refractivity contribution < 1.29 is 14.6 Å². The number of hydrogen-bond acceptors (Lipinski definition) is 4. The van der Waals surface area contributed by atoms with E-state index in [1.54, 1.807) is 12.0 Å². The van der Waals surface area contributed by atoms with Crippen molar-refractivity contribution in [3.05, 3.63) is 53.7 Å². The summed E-state index contributed by atoms with van der Waals surface area (Å²) in [6, 6.07) is 13.4. The maximum atomic E-state index is 12.9. The number of likely N-dealkylation sites (tertiary alicyclic amines) is 1. The van der Waals surface area contributed by atoms with Gasteiger partial charge in [-0.15, -0.1) is 0 Å². The zero-order valence-corrected chi connectivity index (χ0v) is 14.0. The first kappa shape index (κ1) is 16.6. The second-order valence-corrected chi connectivity index (χ2v) is 6.08. The van der Waals surface area contributed by atoms with E-state index in [1.807, 2.05) is 49.4 Å². The third kappa shape index (κ3) is 3.18. The van der Waals surface area contributed by atoms with Gasteiger partial charge in [0.15, 0.2) is 0 Å². The van der Waals surface area contributed by atoms with E-state index in [2.05, 4.69) is 4.98 Å². The Balaban J connectivity index is 1.86. The van der Waals surface area contributed by atoms with Crippen LogP contribution in [0.15, 0.2) is 42.5 Å². The van der Waals surface area contributed by atoms with Gasteiger partial charge in [0.05, 0.1) is 35.7 Å². The molecule has 1 saturated heterocycles. The van der Waals surface area contributed by atoms with Gasteiger partial charge in [-0.25, -0.2) is 0 Å². The second-order valence-electron chi connectivity index (χ2n) is 6.08. The average molecular weight is 326 g/mol. The molecular formula is C19H22N2O3. The Labute approximate surface area is 141 Å². The fraction of sp³-hybridized carbons (Fsp3) is 0.368. The Morgan fingerprint density at radius 2 is 2.04 bits per heavy atom. The first-order valence-corrected chi connectivity index (χ1v) is 8.11. The van der Waals surface area contributed by atoms with E-state index in [9.17, 15) is 9.90 Å². The number of aromatic nitrogens is 1. The molecule has 1 aromatic heterocycles. The molecule has 5 nitrogen and oxygen atoms in total. The average Bonchev–Trinajstić information content (AvgIpc) is 3.05. The minimum Gasteiger partial charge on any atom is -0.394 e. The fourth-order valence-electron chi connectivity index (χ4n) is 3.18. The molecular weight excluding hydrogens is 304 g/mol. The lowest BCUT2D eigenvalue weighted by Gasteiger charge is -2.23. The Kier molecular flexibility index (Phi) is 4.92. The van der Waals surface area contributed by atoms with Gasteiger partial charge in [-0.05, 0) is 25.5 Å². The lowest BCUT2D eigenvalue weighted by molar-refractivity contribution is 0.0646. The molecule has 0 unspecified atom stereocenters. The third-order valence-electron chi connectivity index (χ3n) is 4.57. The van der Waals surface area contributed by atoms with Crippen molar-refractivity contribution in [2.24, 2.45) is 0 Å². The zero-order valence-electron chi connectivity index (χ0n) is 14.0. The number of nitrogens with zero attached hydrogens (tertiary/aromatic N) is 2. The number of hydrogen-bond donors (Lipinski definition) is 1. The standard InChI is InChI=1S/C19H22N2O3/c1-13-17(8-9-18(20-13)14-6-4-3-5-7-14)19(23)21-11-16(24-2)10-15(21)12-22/h3-9,15-16,22H,10-12H2,1-2H3/t15-,16-/m0/s1. The van der Waals surface area contributed by atoms with Crippen LogP contribution in [0.5, 0.6) is 0 Å². The summed E-state index contributed by atoms with van der Waals surface area (Å²) in [5, 5.41) is 9.54. The molecule has 126 valence electrons. The molecule has 2 heterocycles. The number of benzene rings is 1. The normalized spacial score (nSPS) is 20.4. The van der Waals surface area contributed by atoms with Crippen LogP contribution in [0.4, 0.5) is 0 Å². The van der Waals surface area contributed by atoms with Gasteiger partial charge in [0.1, 0.15) is 0 Å². The van der Waals surface area contributed by atoms with Crippen LogP contribution in [0.25, 0.3) is 11.3 Å². The number of methoxy groups -OCH3 is 1. The van der Waals surface area contributed by atoms with Crippen LogP contribution in [0, 0.1) is 6.92 Å². The van der Waals surface area contributed by atoms with Crippen molar-refractivity contribution in [3.8, 4) is 11.3 Å². The van der Waals surface area contributed by atoms with Gasteiger partial charge >= 0.3 is 0 Å². The van der Waals surface area contributed by atoms with E-state index in [4.69, 9.17) is 4.74 Å². The summed E-state index contributed by atoms with van der Waals surface area (Å²) in [5.41, 5.74) is 3.14. The molecule has 1 aromatic carbocycles. The van der Waals surface area contributed by atoms with Gasteiger partial charge in [0, 0.05) is 19.2 Å². The van der Waals surface area contributed by atoms with Gasteiger partial charge in [-0.1, -0.05) is 30.3 Å². The summed E-state index contributed by atoms with van der Waals surface area (Å²) < 4.78 is 5.35. The number of pyridine rings is 1. The molecule has 1 amide bonds. The van der Waals surface area contributed by atoms with Gasteiger partial charge in [0.25, 0.3) is 5.91 Å². The predicted molar refractivity (Wildman–Crippen MR) is 91.7 cm³/mol. The highest BCUT2D eigenvalue weighted by atomic mass is 16.5. The number of amides is 1. The third-order valence-corrected chi connectivity index (χ3v) is 4.57. The maximum absolute atomic E-state index is 12.9. The predicted octanol–water partition coefficient (Wildman–Crippen LogP) is 2.28. The Morgan fingerprint density at radius 3 is 2.67 bits per heavy atom. The van der Waals surface area contributed by atoms with E-state index in [1.165, 1.54) is 0 Å². The number of aliphatic hydroxyl groups excluding tert-OH is 1. The molecule has 2 aromatic rings. The Morgan fingerprint density at radius 1 is 1.29 bits per heavy atom. The van der Waals surface area contributed by atoms with Crippen molar-refractivity contribution in [2.45, 2.75) is 25.5 Å². The molecule has 1 fully saturated rings. The molecule has 0 spiro atoms. The summed E-state index contributed by atoms with van der Waals surface area (Å²) in [5.74, 6) is -0.0989. The molecule has 1 aliphatic rings. The molecule has 5 heteroatoms. The van der Waals surface area contributed by atoms with Crippen molar-refractivity contribution in [2.75, 3.05) is 20.3 Å². The summed E-state index contributed by atoms with van der Waals surface area (Å²) in [7, 11) is 1.63. The number of rotatable bonds is 4. The zero-order chi connectivity index (χ0) is 17.1. The van der Waals surface area contributed by atoms with Crippen LogP contribution in [0.3, 0.4) is 0 Å².